The van der Waals surface area contributed by atoms with Crippen molar-refractivity contribution in [3.63, 3.8) is 0 Å². The van der Waals surface area contributed by atoms with E-state index < -0.39 is 23.9 Å². The van der Waals surface area contributed by atoms with Crippen molar-refractivity contribution in [2.75, 3.05) is 0 Å². The number of rotatable bonds is 4. The Morgan fingerprint density at radius 3 is 2.48 bits per heavy atom. The molecule has 1 atom stereocenters. The number of alkyl halides is 3. The second kappa shape index (κ2) is 7.95. The molecule has 0 unspecified atom stereocenters. The average molecular weight is 420 g/mol. The highest BCUT2D eigenvalue weighted by molar-refractivity contribution is 5.95. The smallest absolute Gasteiger partial charge is 0.341 e. The first-order chi connectivity index (χ1) is 14.8. The minimum atomic E-state index is -4.59. The van der Waals surface area contributed by atoms with Crippen molar-refractivity contribution in [2.45, 2.75) is 12.2 Å². The number of halogens is 3. The van der Waals surface area contributed by atoms with Gasteiger partial charge in [0.25, 0.3) is 5.91 Å². The molecule has 0 radical (unpaired) electrons. The molecule has 0 fully saturated rings. The summed E-state index contributed by atoms with van der Waals surface area (Å²) in [6.45, 7) is 0. The number of hydrogen-bond donors (Lipinski definition) is 2. The molecule has 154 valence electrons. The fourth-order valence-electron chi connectivity index (χ4n) is 3.29. The predicted octanol–water partition coefficient (Wildman–Crippen LogP) is 4.97. The van der Waals surface area contributed by atoms with E-state index in [1.807, 2.05) is 24.3 Å². The van der Waals surface area contributed by atoms with Crippen LogP contribution >= 0.6 is 0 Å². The van der Waals surface area contributed by atoms with E-state index in [9.17, 15) is 18.0 Å². The fourth-order valence-corrected chi connectivity index (χ4v) is 3.29. The number of nitrogens with zero attached hydrogens (tertiary/aromatic N) is 2. The SMILES string of the molecule is N#Cc1cccc(C(=O)N[C@H](c2ccccc2)c2ccc3nc(C(F)(F)F)[nH]c3c2)c1. The molecule has 0 aliphatic carbocycles. The molecule has 0 saturated carbocycles. The van der Waals surface area contributed by atoms with Crippen molar-refractivity contribution in [3.05, 3.63) is 101 Å². The highest BCUT2D eigenvalue weighted by atomic mass is 19.4. The number of hydrogen-bond acceptors (Lipinski definition) is 3. The van der Waals surface area contributed by atoms with Crippen LogP contribution < -0.4 is 5.32 Å². The molecule has 1 heterocycles. The van der Waals surface area contributed by atoms with Gasteiger partial charge >= 0.3 is 6.18 Å². The maximum atomic E-state index is 13.0. The molecular weight excluding hydrogens is 405 g/mol. The Morgan fingerprint density at radius 2 is 1.77 bits per heavy atom. The lowest BCUT2D eigenvalue weighted by Gasteiger charge is -2.20. The molecule has 0 saturated heterocycles. The summed E-state index contributed by atoms with van der Waals surface area (Å²) >= 11 is 0. The normalized spacial score (nSPS) is 12.3. The van der Waals surface area contributed by atoms with Crippen molar-refractivity contribution in [1.29, 1.82) is 5.26 Å². The zero-order valence-electron chi connectivity index (χ0n) is 15.9. The molecule has 0 spiro atoms. The van der Waals surface area contributed by atoms with Crippen LogP contribution in [0.2, 0.25) is 0 Å². The van der Waals surface area contributed by atoms with Gasteiger partial charge < -0.3 is 10.3 Å². The molecule has 1 aromatic heterocycles. The standard InChI is InChI=1S/C23H15F3N4O/c24-23(25,26)22-28-18-10-9-16(12-19(18)29-22)20(15-6-2-1-3-7-15)30-21(31)17-8-4-5-14(11-17)13-27/h1-12,20H,(H,28,29)(H,30,31)/t20-/m1/s1. The van der Waals surface area contributed by atoms with Crippen LogP contribution in [0.25, 0.3) is 11.0 Å². The molecule has 4 aromatic rings. The first kappa shape index (κ1) is 20.2. The highest BCUT2D eigenvalue weighted by Crippen LogP contribution is 2.30. The lowest BCUT2D eigenvalue weighted by molar-refractivity contribution is -0.144. The van der Waals surface area contributed by atoms with Crippen molar-refractivity contribution >= 4 is 16.9 Å². The Hall–Kier alpha value is -4.12. The second-order valence-corrected chi connectivity index (χ2v) is 6.87. The predicted molar refractivity (Wildman–Crippen MR) is 108 cm³/mol. The van der Waals surface area contributed by atoms with Crippen LogP contribution in [0, 0.1) is 11.3 Å². The number of fused-ring (bicyclic) bond motifs is 1. The Kier molecular flexibility index (Phi) is 5.17. The van der Waals surface area contributed by atoms with Crippen LogP contribution in [0.5, 0.6) is 0 Å². The molecule has 1 amide bonds. The van der Waals surface area contributed by atoms with Gasteiger partial charge in [-0.3, -0.25) is 4.79 Å². The number of nitriles is 1. The first-order valence-corrected chi connectivity index (χ1v) is 9.28. The first-order valence-electron chi connectivity index (χ1n) is 9.28. The third-order valence-electron chi connectivity index (χ3n) is 4.77. The van der Waals surface area contributed by atoms with Gasteiger partial charge in [0.2, 0.25) is 5.82 Å². The van der Waals surface area contributed by atoms with Gasteiger partial charge in [-0.05, 0) is 41.5 Å². The van der Waals surface area contributed by atoms with Gasteiger partial charge in [-0.1, -0.05) is 42.5 Å². The van der Waals surface area contributed by atoms with Crippen molar-refractivity contribution in [2.24, 2.45) is 0 Å². The van der Waals surface area contributed by atoms with Gasteiger partial charge in [0, 0.05) is 5.56 Å². The summed E-state index contributed by atoms with van der Waals surface area (Å²) in [5.41, 5.74) is 2.38. The Bertz CT molecular complexity index is 1290. The van der Waals surface area contributed by atoms with E-state index in [1.165, 1.54) is 12.1 Å². The van der Waals surface area contributed by atoms with E-state index >= 15 is 0 Å². The molecule has 0 aliphatic rings. The van der Waals surface area contributed by atoms with Crippen LogP contribution in [0.4, 0.5) is 13.2 Å². The number of nitrogens with one attached hydrogen (secondary N) is 2. The number of aromatic amines is 1. The largest absolute Gasteiger partial charge is 0.449 e. The van der Waals surface area contributed by atoms with Crippen LogP contribution in [-0.4, -0.2) is 15.9 Å². The van der Waals surface area contributed by atoms with Gasteiger partial charge in [0.1, 0.15) is 0 Å². The number of benzene rings is 3. The summed E-state index contributed by atoms with van der Waals surface area (Å²) in [7, 11) is 0. The van der Waals surface area contributed by atoms with Crippen LogP contribution in [0.1, 0.15) is 38.9 Å². The molecule has 5 nitrogen and oxygen atoms in total. The van der Waals surface area contributed by atoms with Crippen molar-refractivity contribution in [3.8, 4) is 6.07 Å². The number of carbonyl (C=O) groups excluding carboxylic acids is 1. The van der Waals surface area contributed by atoms with Gasteiger partial charge in [-0.2, -0.15) is 18.4 Å². The lowest BCUT2D eigenvalue weighted by atomic mass is 9.97. The number of carbonyl (C=O) groups is 1. The highest BCUT2D eigenvalue weighted by Gasteiger charge is 2.34. The van der Waals surface area contributed by atoms with Crippen molar-refractivity contribution < 1.29 is 18.0 Å². The monoisotopic (exact) mass is 420 g/mol. The van der Waals surface area contributed by atoms with Crippen LogP contribution in [0.3, 0.4) is 0 Å². The third-order valence-corrected chi connectivity index (χ3v) is 4.77. The van der Waals surface area contributed by atoms with Gasteiger partial charge in [0.15, 0.2) is 0 Å². The number of amides is 1. The van der Waals surface area contributed by atoms with E-state index in [1.54, 1.807) is 42.5 Å². The number of H-pyrrole nitrogens is 1. The molecule has 8 heteroatoms. The van der Waals surface area contributed by atoms with Gasteiger partial charge in [-0.25, -0.2) is 4.98 Å². The zero-order valence-corrected chi connectivity index (χ0v) is 15.9. The maximum absolute atomic E-state index is 13.0. The summed E-state index contributed by atoms with van der Waals surface area (Å²) in [6, 6.07) is 21.4. The minimum absolute atomic E-state index is 0.177. The quantitative estimate of drug-likeness (QED) is 0.489. The summed E-state index contributed by atoms with van der Waals surface area (Å²) in [4.78, 5) is 18.8. The molecule has 2 N–H and O–H groups in total. The fraction of sp³-hybridized carbons (Fsp3) is 0.0870. The molecule has 0 aliphatic heterocycles. The molecule has 0 bridgehead atoms. The molecule has 31 heavy (non-hydrogen) atoms. The summed E-state index contributed by atoms with van der Waals surface area (Å²) in [6.07, 6.45) is -4.59. The van der Waals surface area contributed by atoms with Crippen LogP contribution in [0.15, 0.2) is 72.8 Å². The molecule has 3 aromatic carbocycles. The Morgan fingerprint density at radius 1 is 1.00 bits per heavy atom. The van der Waals surface area contributed by atoms with Gasteiger partial charge in [-0.15, -0.1) is 0 Å². The Balaban J connectivity index is 1.73. The van der Waals surface area contributed by atoms with E-state index in [-0.39, 0.29) is 11.0 Å². The number of imidazole rings is 1. The van der Waals surface area contributed by atoms with Crippen LogP contribution in [-0.2, 0) is 6.18 Å². The summed E-state index contributed by atoms with van der Waals surface area (Å²) in [5.74, 6) is -1.49. The summed E-state index contributed by atoms with van der Waals surface area (Å²) in [5, 5.41) is 12.0. The van der Waals surface area contributed by atoms with E-state index in [4.69, 9.17) is 5.26 Å². The third kappa shape index (κ3) is 4.26. The van der Waals surface area contributed by atoms with Crippen molar-refractivity contribution in [1.82, 2.24) is 15.3 Å². The van der Waals surface area contributed by atoms with Gasteiger partial charge in [0.05, 0.1) is 28.7 Å². The number of aromatic nitrogens is 2. The maximum Gasteiger partial charge on any atom is 0.449 e. The lowest BCUT2D eigenvalue weighted by Crippen LogP contribution is -2.29. The topological polar surface area (TPSA) is 81.6 Å². The molecular formula is C23H15F3N4O. The van der Waals surface area contributed by atoms with E-state index in [0.29, 0.717) is 16.7 Å². The average Bonchev–Trinajstić information content (AvgIpc) is 3.22. The Labute approximate surface area is 175 Å². The van der Waals surface area contributed by atoms with E-state index in [0.717, 1.165) is 5.56 Å². The molecule has 4 rings (SSSR count). The minimum Gasteiger partial charge on any atom is -0.341 e. The zero-order chi connectivity index (χ0) is 22.0. The summed E-state index contributed by atoms with van der Waals surface area (Å²) < 4.78 is 39.0. The second-order valence-electron chi connectivity index (χ2n) is 6.87. The van der Waals surface area contributed by atoms with E-state index in [2.05, 4.69) is 15.3 Å².